The fraction of sp³-hybridized carbons (Fsp3) is 0.538. The van der Waals surface area contributed by atoms with Gasteiger partial charge in [0, 0.05) is 17.4 Å². The van der Waals surface area contributed by atoms with Gasteiger partial charge < -0.3 is 4.90 Å². The Morgan fingerprint density at radius 2 is 1.94 bits per heavy atom. The molecule has 0 saturated carbocycles. The first-order valence-electron chi connectivity index (χ1n) is 5.82. The zero-order chi connectivity index (χ0) is 12.7. The van der Waals surface area contributed by atoms with Crippen molar-refractivity contribution in [3.8, 4) is 0 Å². The van der Waals surface area contributed by atoms with Gasteiger partial charge in [-0.3, -0.25) is 0 Å². The summed E-state index contributed by atoms with van der Waals surface area (Å²) in [6.07, 6.45) is 3.39. The molecule has 0 N–H and O–H groups in total. The van der Waals surface area contributed by atoms with Crippen molar-refractivity contribution in [2.75, 3.05) is 18.9 Å². The van der Waals surface area contributed by atoms with Gasteiger partial charge in [0.2, 0.25) is 0 Å². The Hall–Kier alpha value is -0.480. The van der Waals surface area contributed by atoms with Crippen LogP contribution < -0.4 is 0 Å². The first-order chi connectivity index (χ1) is 8.15. The highest BCUT2D eigenvalue weighted by Crippen LogP contribution is 2.13. The zero-order valence-electron chi connectivity index (χ0n) is 10.1. The summed E-state index contributed by atoms with van der Waals surface area (Å²) in [5.41, 5.74) is 0.424. The van der Waals surface area contributed by atoms with Crippen LogP contribution in [0.15, 0.2) is 18.2 Å². The number of rotatable bonds is 7. The molecule has 1 aromatic carbocycles. The molecule has 1 nitrogen and oxygen atoms in total. The molecule has 1 aromatic rings. The predicted octanol–water partition coefficient (Wildman–Crippen LogP) is 3.96. The predicted molar refractivity (Wildman–Crippen MR) is 70.3 cm³/mol. The van der Waals surface area contributed by atoms with Gasteiger partial charge in [0.25, 0.3) is 0 Å². The molecule has 1 rings (SSSR count). The summed E-state index contributed by atoms with van der Waals surface area (Å²) < 4.78 is 26.4. The average Bonchev–Trinajstić information content (AvgIpc) is 2.31. The maximum atomic E-state index is 13.4. The fourth-order valence-electron chi connectivity index (χ4n) is 1.69. The van der Waals surface area contributed by atoms with Gasteiger partial charge in [0.1, 0.15) is 0 Å². The van der Waals surface area contributed by atoms with Crippen LogP contribution in [-0.2, 0) is 6.54 Å². The third kappa shape index (κ3) is 5.13. The van der Waals surface area contributed by atoms with Gasteiger partial charge in [-0.25, -0.2) is 8.78 Å². The quantitative estimate of drug-likeness (QED) is 0.544. The second-order valence-electron chi connectivity index (χ2n) is 4.20. The van der Waals surface area contributed by atoms with Crippen molar-refractivity contribution in [3.63, 3.8) is 0 Å². The zero-order valence-corrected chi connectivity index (χ0v) is 11.6. The van der Waals surface area contributed by atoms with Crippen molar-refractivity contribution in [2.24, 2.45) is 0 Å². The standard InChI is InChI=1S/C13H18BrF2N/c1-17(9-4-2-3-8-14)10-11-6-5-7-12(15)13(11)16/h5-7H,2-4,8-10H2,1H3. The van der Waals surface area contributed by atoms with E-state index in [-0.39, 0.29) is 0 Å². The molecule has 4 heteroatoms. The number of halogens is 3. The summed E-state index contributed by atoms with van der Waals surface area (Å²) >= 11 is 3.38. The van der Waals surface area contributed by atoms with E-state index in [4.69, 9.17) is 0 Å². The van der Waals surface area contributed by atoms with Crippen LogP contribution in [0.2, 0.25) is 0 Å². The molecule has 0 aliphatic heterocycles. The lowest BCUT2D eigenvalue weighted by molar-refractivity contribution is 0.311. The molecule has 0 atom stereocenters. The van der Waals surface area contributed by atoms with Crippen LogP contribution in [0.25, 0.3) is 0 Å². The van der Waals surface area contributed by atoms with Gasteiger partial charge in [0.05, 0.1) is 0 Å². The van der Waals surface area contributed by atoms with Crippen LogP contribution in [0.3, 0.4) is 0 Å². The van der Waals surface area contributed by atoms with Crippen molar-refractivity contribution in [1.29, 1.82) is 0 Å². The van der Waals surface area contributed by atoms with Crippen LogP contribution in [0, 0.1) is 11.6 Å². The van der Waals surface area contributed by atoms with Crippen LogP contribution in [0.1, 0.15) is 24.8 Å². The smallest absolute Gasteiger partial charge is 0.163 e. The lowest BCUT2D eigenvalue weighted by Crippen LogP contribution is -2.20. The Morgan fingerprint density at radius 3 is 2.65 bits per heavy atom. The number of alkyl halides is 1. The summed E-state index contributed by atoms with van der Waals surface area (Å²) in [5.74, 6) is -1.49. The molecule has 0 aliphatic carbocycles. The minimum atomic E-state index is -0.768. The summed E-state index contributed by atoms with van der Waals surface area (Å²) in [4.78, 5) is 2.02. The Kier molecular flexibility index (Phi) is 6.66. The highest BCUT2D eigenvalue weighted by atomic mass is 79.9. The largest absolute Gasteiger partial charge is 0.302 e. The maximum absolute atomic E-state index is 13.4. The molecule has 17 heavy (non-hydrogen) atoms. The van der Waals surface area contributed by atoms with Crippen LogP contribution in [-0.4, -0.2) is 23.8 Å². The monoisotopic (exact) mass is 305 g/mol. The molecule has 0 amide bonds. The van der Waals surface area contributed by atoms with Gasteiger partial charge in [-0.05, 0) is 32.5 Å². The van der Waals surface area contributed by atoms with Crippen molar-refractivity contribution in [3.05, 3.63) is 35.4 Å². The highest BCUT2D eigenvalue weighted by Gasteiger charge is 2.09. The molecule has 0 spiro atoms. The molecule has 0 bridgehead atoms. The Morgan fingerprint density at radius 1 is 1.18 bits per heavy atom. The minimum Gasteiger partial charge on any atom is -0.302 e. The molecular formula is C13H18BrF2N. The highest BCUT2D eigenvalue weighted by molar-refractivity contribution is 9.09. The fourth-order valence-corrected chi connectivity index (χ4v) is 2.09. The van der Waals surface area contributed by atoms with E-state index in [1.54, 1.807) is 12.1 Å². The topological polar surface area (TPSA) is 3.24 Å². The van der Waals surface area contributed by atoms with E-state index in [1.165, 1.54) is 0 Å². The third-order valence-electron chi connectivity index (χ3n) is 2.65. The maximum Gasteiger partial charge on any atom is 0.163 e. The Balaban J connectivity index is 2.39. The number of hydrogen-bond acceptors (Lipinski definition) is 1. The number of hydrogen-bond donors (Lipinski definition) is 0. The van der Waals surface area contributed by atoms with Gasteiger partial charge in [-0.1, -0.05) is 34.5 Å². The summed E-state index contributed by atoms with van der Waals surface area (Å²) in [5, 5.41) is 1.02. The normalized spacial score (nSPS) is 11.1. The van der Waals surface area contributed by atoms with Gasteiger partial charge in [-0.15, -0.1) is 0 Å². The van der Waals surface area contributed by atoms with Gasteiger partial charge in [0.15, 0.2) is 11.6 Å². The molecule has 0 heterocycles. The van der Waals surface area contributed by atoms with Crippen LogP contribution in [0.5, 0.6) is 0 Å². The van der Waals surface area contributed by atoms with E-state index in [0.29, 0.717) is 12.1 Å². The Bertz CT molecular complexity index is 344. The lowest BCUT2D eigenvalue weighted by Gasteiger charge is -2.16. The molecule has 96 valence electrons. The molecule has 0 fully saturated rings. The SMILES string of the molecule is CN(CCCCCBr)Cc1cccc(F)c1F. The first kappa shape index (κ1) is 14.6. The lowest BCUT2D eigenvalue weighted by atomic mass is 10.2. The van der Waals surface area contributed by atoms with E-state index < -0.39 is 11.6 Å². The van der Waals surface area contributed by atoms with Crippen molar-refractivity contribution >= 4 is 15.9 Å². The van der Waals surface area contributed by atoms with Crippen molar-refractivity contribution in [1.82, 2.24) is 4.90 Å². The average molecular weight is 306 g/mol. The van der Waals surface area contributed by atoms with E-state index in [0.717, 1.165) is 37.2 Å². The molecule has 0 aromatic heterocycles. The molecule has 0 saturated heterocycles. The molecule has 0 aliphatic rings. The molecule has 0 radical (unpaired) electrons. The summed E-state index contributed by atoms with van der Waals surface area (Å²) in [6, 6.07) is 4.33. The molecular weight excluding hydrogens is 288 g/mol. The molecule has 0 unspecified atom stereocenters. The third-order valence-corrected chi connectivity index (χ3v) is 3.21. The van der Waals surface area contributed by atoms with Crippen molar-refractivity contribution in [2.45, 2.75) is 25.8 Å². The van der Waals surface area contributed by atoms with E-state index in [1.807, 2.05) is 11.9 Å². The second-order valence-corrected chi connectivity index (χ2v) is 4.99. The first-order valence-corrected chi connectivity index (χ1v) is 6.94. The summed E-state index contributed by atoms with van der Waals surface area (Å²) in [6.45, 7) is 1.36. The van der Waals surface area contributed by atoms with E-state index in [9.17, 15) is 8.78 Å². The van der Waals surface area contributed by atoms with E-state index in [2.05, 4.69) is 15.9 Å². The van der Waals surface area contributed by atoms with Crippen LogP contribution in [0.4, 0.5) is 8.78 Å². The van der Waals surface area contributed by atoms with Crippen LogP contribution >= 0.6 is 15.9 Å². The number of benzene rings is 1. The van der Waals surface area contributed by atoms with Gasteiger partial charge in [-0.2, -0.15) is 0 Å². The second kappa shape index (κ2) is 7.77. The van der Waals surface area contributed by atoms with E-state index >= 15 is 0 Å². The Labute approximate surface area is 110 Å². The number of nitrogens with zero attached hydrogens (tertiary/aromatic N) is 1. The number of unbranched alkanes of at least 4 members (excludes halogenated alkanes) is 2. The summed E-state index contributed by atoms with van der Waals surface area (Å²) in [7, 11) is 1.93. The minimum absolute atomic E-state index is 0.424. The van der Waals surface area contributed by atoms with Gasteiger partial charge >= 0.3 is 0 Å². The van der Waals surface area contributed by atoms with Crippen molar-refractivity contribution < 1.29 is 8.78 Å².